The SMILES string of the molecule is CN1CC2(CCN(C(=O)NC3CCCCC3)CC2)CC1CN1CCOCC1. The maximum Gasteiger partial charge on any atom is 0.317 e. The van der Waals surface area contributed by atoms with Crippen LogP contribution in [0.4, 0.5) is 4.79 Å². The van der Waals surface area contributed by atoms with Crippen molar-refractivity contribution in [2.75, 3.05) is 59.5 Å². The van der Waals surface area contributed by atoms with E-state index < -0.39 is 0 Å². The second-order valence-corrected chi connectivity index (χ2v) is 9.46. The zero-order chi connectivity index (χ0) is 18.7. The van der Waals surface area contributed by atoms with Crippen molar-refractivity contribution in [3.8, 4) is 0 Å². The van der Waals surface area contributed by atoms with Gasteiger partial charge in [0.15, 0.2) is 0 Å². The topological polar surface area (TPSA) is 48.0 Å². The minimum atomic E-state index is 0.188. The van der Waals surface area contributed by atoms with Crippen molar-refractivity contribution < 1.29 is 9.53 Å². The van der Waals surface area contributed by atoms with Gasteiger partial charge in [-0.15, -0.1) is 0 Å². The molecule has 0 aromatic heterocycles. The van der Waals surface area contributed by atoms with Crippen molar-refractivity contribution in [1.82, 2.24) is 20.0 Å². The van der Waals surface area contributed by atoms with E-state index in [4.69, 9.17) is 4.74 Å². The Hall–Kier alpha value is -0.850. The highest BCUT2D eigenvalue weighted by atomic mass is 16.5. The van der Waals surface area contributed by atoms with E-state index in [1.54, 1.807) is 0 Å². The van der Waals surface area contributed by atoms with Crippen LogP contribution in [-0.2, 0) is 4.74 Å². The Balaban J connectivity index is 1.24. The van der Waals surface area contributed by atoms with E-state index in [1.165, 1.54) is 38.8 Å². The lowest BCUT2D eigenvalue weighted by molar-refractivity contribution is 0.0284. The molecule has 2 amide bonds. The fourth-order valence-corrected chi connectivity index (χ4v) is 5.72. The number of carbonyl (C=O) groups is 1. The van der Waals surface area contributed by atoms with Gasteiger partial charge in [-0.2, -0.15) is 0 Å². The van der Waals surface area contributed by atoms with E-state index in [9.17, 15) is 4.79 Å². The van der Waals surface area contributed by atoms with Crippen LogP contribution in [0.15, 0.2) is 0 Å². The third kappa shape index (κ3) is 4.77. The van der Waals surface area contributed by atoms with Crippen molar-refractivity contribution >= 4 is 6.03 Å². The molecule has 3 saturated heterocycles. The van der Waals surface area contributed by atoms with Gasteiger partial charge in [-0.1, -0.05) is 19.3 Å². The second-order valence-electron chi connectivity index (χ2n) is 9.46. The number of hydrogen-bond donors (Lipinski definition) is 1. The molecule has 1 saturated carbocycles. The fraction of sp³-hybridized carbons (Fsp3) is 0.952. The average Bonchev–Trinajstić information content (AvgIpc) is 2.98. The van der Waals surface area contributed by atoms with Crippen LogP contribution in [0.2, 0.25) is 0 Å². The summed E-state index contributed by atoms with van der Waals surface area (Å²) >= 11 is 0. The Labute approximate surface area is 164 Å². The van der Waals surface area contributed by atoms with E-state index in [1.807, 2.05) is 0 Å². The number of hydrogen-bond acceptors (Lipinski definition) is 4. The first-order valence-corrected chi connectivity index (χ1v) is 11.2. The Morgan fingerprint density at radius 3 is 2.48 bits per heavy atom. The number of ether oxygens (including phenoxy) is 1. The van der Waals surface area contributed by atoms with Crippen molar-refractivity contribution in [1.29, 1.82) is 0 Å². The number of piperidine rings is 1. The maximum absolute atomic E-state index is 12.6. The number of nitrogens with one attached hydrogen (secondary N) is 1. The number of carbonyl (C=O) groups excluding carboxylic acids is 1. The first-order chi connectivity index (χ1) is 13.1. The molecule has 3 aliphatic heterocycles. The molecule has 4 fully saturated rings. The first kappa shape index (κ1) is 19.5. The highest BCUT2D eigenvalue weighted by Crippen LogP contribution is 2.43. The second kappa shape index (κ2) is 8.66. The predicted octanol–water partition coefficient (Wildman–Crippen LogP) is 2.15. The Kier molecular flexibility index (Phi) is 6.25. The van der Waals surface area contributed by atoms with E-state index >= 15 is 0 Å². The van der Waals surface area contributed by atoms with Gasteiger partial charge in [0, 0.05) is 51.4 Å². The molecule has 1 N–H and O–H groups in total. The van der Waals surface area contributed by atoms with Gasteiger partial charge < -0.3 is 19.9 Å². The van der Waals surface area contributed by atoms with Gasteiger partial charge in [-0.25, -0.2) is 4.79 Å². The first-order valence-electron chi connectivity index (χ1n) is 11.2. The number of nitrogens with zero attached hydrogens (tertiary/aromatic N) is 3. The van der Waals surface area contributed by atoms with E-state index in [0.717, 1.165) is 65.1 Å². The largest absolute Gasteiger partial charge is 0.379 e. The Morgan fingerprint density at radius 2 is 1.78 bits per heavy atom. The van der Waals surface area contributed by atoms with Gasteiger partial charge in [-0.3, -0.25) is 4.90 Å². The minimum Gasteiger partial charge on any atom is -0.379 e. The highest BCUT2D eigenvalue weighted by molar-refractivity contribution is 5.74. The molecule has 3 heterocycles. The summed E-state index contributed by atoms with van der Waals surface area (Å²) in [6.07, 6.45) is 9.81. The van der Waals surface area contributed by atoms with Gasteiger partial charge in [-0.05, 0) is 44.6 Å². The van der Waals surface area contributed by atoms with Crippen molar-refractivity contribution in [2.45, 2.75) is 63.5 Å². The number of likely N-dealkylation sites (tertiary alicyclic amines) is 2. The number of amides is 2. The smallest absolute Gasteiger partial charge is 0.317 e. The van der Waals surface area contributed by atoms with E-state index in [-0.39, 0.29) is 6.03 Å². The molecule has 0 aromatic rings. The average molecular weight is 379 g/mol. The van der Waals surface area contributed by atoms with Crippen LogP contribution in [-0.4, -0.2) is 92.3 Å². The van der Waals surface area contributed by atoms with Gasteiger partial charge in [0.2, 0.25) is 0 Å². The molecule has 4 rings (SSSR count). The van der Waals surface area contributed by atoms with E-state index in [2.05, 4.69) is 27.1 Å². The van der Waals surface area contributed by atoms with Crippen LogP contribution in [0.5, 0.6) is 0 Å². The number of rotatable bonds is 3. The molecular formula is C21H38N4O2. The van der Waals surface area contributed by atoms with Crippen LogP contribution in [0.25, 0.3) is 0 Å². The summed E-state index contributed by atoms with van der Waals surface area (Å²) < 4.78 is 5.49. The standard InChI is InChI=1S/C21H38N4O2/c1-23-17-21(15-19(23)16-24-11-13-27-14-12-24)7-9-25(10-8-21)20(26)22-18-5-3-2-4-6-18/h18-19H,2-17H2,1H3,(H,22,26). The third-order valence-electron chi connectivity index (χ3n) is 7.49. The zero-order valence-corrected chi connectivity index (χ0v) is 17.1. The Morgan fingerprint density at radius 1 is 1.07 bits per heavy atom. The Bertz CT molecular complexity index is 494. The number of likely N-dealkylation sites (N-methyl/N-ethyl adjacent to an activating group) is 1. The van der Waals surface area contributed by atoms with Gasteiger partial charge in [0.25, 0.3) is 0 Å². The molecular weight excluding hydrogens is 340 g/mol. The highest BCUT2D eigenvalue weighted by Gasteiger charge is 2.45. The lowest BCUT2D eigenvalue weighted by Gasteiger charge is -2.40. The monoisotopic (exact) mass is 378 g/mol. The molecule has 1 atom stereocenters. The van der Waals surface area contributed by atoms with Crippen LogP contribution < -0.4 is 5.32 Å². The molecule has 154 valence electrons. The lowest BCUT2D eigenvalue weighted by atomic mass is 9.76. The van der Waals surface area contributed by atoms with Crippen molar-refractivity contribution in [3.63, 3.8) is 0 Å². The minimum absolute atomic E-state index is 0.188. The summed E-state index contributed by atoms with van der Waals surface area (Å²) in [5.74, 6) is 0. The molecule has 0 aromatic carbocycles. The lowest BCUT2D eigenvalue weighted by Crippen LogP contribution is -2.50. The summed E-state index contributed by atoms with van der Waals surface area (Å²) in [7, 11) is 2.29. The van der Waals surface area contributed by atoms with Crippen LogP contribution >= 0.6 is 0 Å². The number of urea groups is 1. The predicted molar refractivity (Wildman–Crippen MR) is 107 cm³/mol. The molecule has 4 aliphatic rings. The summed E-state index contributed by atoms with van der Waals surface area (Å²) in [5, 5.41) is 3.30. The van der Waals surface area contributed by atoms with Gasteiger partial charge >= 0.3 is 6.03 Å². The maximum atomic E-state index is 12.6. The molecule has 6 heteroatoms. The van der Waals surface area contributed by atoms with Crippen molar-refractivity contribution in [2.24, 2.45) is 5.41 Å². The molecule has 1 unspecified atom stereocenters. The molecule has 0 radical (unpaired) electrons. The zero-order valence-electron chi connectivity index (χ0n) is 17.1. The molecule has 1 spiro atoms. The summed E-state index contributed by atoms with van der Waals surface area (Å²) in [6, 6.07) is 1.26. The van der Waals surface area contributed by atoms with E-state index in [0.29, 0.717) is 17.5 Å². The molecule has 27 heavy (non-hydrogen) atoms. The fourth-order valence-electron chi connectivity index (χ4n) is 5.72. The van der Waals surface area contributed by atoms with Crippen molar-refractivity contribution in [3.05, 3.63) is 0 Å². The normalized spacial score (nSPS) is 30.7. The third-order valence-corrected chi connectivity index (χ3v) is 7.49. The molecule has 0 bridgehead atoms. The van der Waals surface area contributed by atoms with Gasteiger partial charge in [0.1, 0.15) is 0 Å². The molecule has 6 nitrogen and oxygen atoms in total. The molecule has 1 aliphatic carbocycles. The summed E-state index contributed by atoms with van der Waals surface area (Å²) in [4.78, 5) is 19.9. The number of morpholine rings is 1. The summed E-state index contributed by atoms with van der Waals surface area (Å²) in [6.45, 7) is 8.14. The van der Waals surface area contributed by atoms with Crippen LogP contribution in [0.3, 0.4) is 0 Å². The van der Waals surface area contributed by atoms with Crippen LogP contribution in [0, 0.1) is 5.41 Å². The van der Waals surface area contributed by atoms with Gasteiger partial charge in [0.05, 0.1) is 13.2 Å². The summed E-state index contributed by atoms with van der Waals surface area (Å²) in [5.41, 5.74) is 0.424. The quantitative estimate of drug-likeness (QED) is 0.818. The van der Waals surface area contributed by atoms with Crippen LogP contribution in [0.1, 0.15) is 51.4 Å².